The topological polar surface area (TPSA) is 109 Å². The van der Waals surface area contributed by atoms with E-state index in [9.17, 15) is 33.0 Å². The van der Waals surface area contributed by atoms with Gasteiger partial charge in [0.05, 0.1) is 17.2 Å². The number of nitrogens with zero attached hydrogens (tertiary/aromatic N) is 4. The zero-order valence-corrected chi connectivity index (χ0v) is 14.9. The van der Waals surface area contributed by atoms with Gasteiger partial charge in [0.1, 0.15) is 11.4 Å². The molecule has 0 spiro atoms. The number of carboxylic acid groups (broad SMARTS) is 1. The molecular formula is C18H13F3N4O4. The maximum absolute atomic E-state index is 14.6. The minimum absolute atomic E-state index is 0.0724. The Morgan fingerprint density at radius 2 is 1.83 bits per heavy atom. The van der Waals surface area contributed by atoms with Crippen molar-refractivity contribution in [1.29, 1.82) is 0 Å². The smallest absolute Gasteiger partial charge is 0.341 e. The van der Waals surface area contributed by atoms with Crippen LogP contribution in [0.25, 0.3) is 16.9 Å². The average molecular weight is 406 g/mol. The van der Waals surface area contributed by atoms with E-state index in [0.717, 1.165) is 16.8 Å². The molecular weight excluding hydrogens is 393 g/mol. The van der Waals surface area contributed by atoms with Gasteiger partial charge in [0.15, 0.2) is 28.9 Å². The lowest BCUT2D eigenvalue weighted by Crippen LogP contribution is -2.60. The van der Waals surface area contributed by atoms with Gasteiger partial charge in [-0.25, -0.2) is 27.9 Å². The van der Waals surface area contributed by atoms with Crippen LogP contribution in [0.1, 0.15) is 17.3 Å². The first kappa shape index (κ1) is 18.9. The molecule has 2 N–H and O–H groups in total. The van der Waals surface area contributed by atoms with E-state index in [1.54, 1.807) is 6.92 Å². The third kappa shape index (κ3) is 3.09. The number of aromatic carboxylic acids is 1. The van der Waals surface area contributed by atoms with Gasteiger partial charge in [-0.15, -0.1) is 0 Å². The number of fused-ring (bicyclic) bond motifs is 1. The van der Waals surface area contributed by atoms with Crippen LogP contribution in [-0.2, 0) is 0 Å². The summed E-state index contributed by atoms with van der Waals surface area (Å²) >= 11 is 0. The highest BCUT2D eigenvalue weighted by Gasteiger charge is 2.39. The fourth-order valence-corrected chi connectivity index (χ4v) is 3.26. The number of rotatable bonds is 3. The van der Waals surface area contributed by atoms with Crippen molar-refractivity contribution < 1.29 is 28.2 Å². The Morgan fingerprint density at radius 1 is 1.17 bits per heavy atom. The van der Waals surface area contributed by atoms with Gasteiger partial charge in [-0.2, -0.15) is 0 Å². The van der Waals surface area contributed by atoms with Crippen molar-refractivity contribution >= 4 is 22.8 Å². The lowest BCUT2D eigenvalue weighted by Gasteiger charge is -2.44. The molecule has 0 aromatic carbocycles. The number of hydrogen-bond acceptors (Lipinski definition) is 6. The van der Waals surface area contributed by atoms with Gasteiger partial charge in [0.25, 0.3) is 0 Å². The van der Waals surface area contributed by atoms with Crippen molar-refractivity contribution in [2.24, 2.45) is 0 Å². The molecule has 0 amide bonds. The molecule has 1 saturated heterocycles. The molecule has 4 heterocycles. The summed E-state index contributed by atoms with van der Waals surface area (Å²) in [6.07, 6.45) is 1.51. The van der Waals surface area contributed by atoms with Crippen LogP contribution in [0.15, 0.2) is 29.3 Å². The summed E-state index contributed by atoms with van der Waals surface area (Å²) in [5.74, 6) is -5.34. The summed E-state index contributed by atoms with van der Waals surface area (Å²) < 4.78 is 43.0. The van der Waals surface area contributed by atoms with Crippen LogP contribution in [-0.4, -0.2) is 49.4 Å². The highest BCUT2D eigenvalue weighted by atomic mass is 19.1. The van der Waals surface area contributed by atoms with E-state index < -0.39 is 51.2 Å². The largest absolute Gasteiger partial charge is 0.477 e. The number of β-amino-alcohol motifs (C(OH)–C–C–N with tert-alkyl or cyclic N) is 1. The number of pyridine rings is 3. The highest BCUT2D eigenvalue weighted by molar-refractivity contribution is 5.92. The average Bonchev–Trinajstić information content (AvgIpc) is 2.60. The summed E-state index contributed by atoms with van der Waals surface area (Å²) in [5, 5.41) is 18.8. The van der Waals surface area contributed by atoms with Crippen LogP contribution in [0, 0.1) is 17.5 Å². The van der Waals surface area contributed by atoms with Crippen molar-refractivity contribution in [3.8, 4) is 5.82 Å². The fourth-order valence-electron chi connectivity index (χ4n) is 3.26. The number of carboxylic acids is 1. The predicted octanol–water partition coefficient (Wildman–Crippen LogP) is 1.47. The minimum atomic E-state index is -1.61. The van der Waals surface area contributed by atoms with E-state index in [1.807, 2.05) is 0 Å². The first-order valence-corrected chi connectivity index (χ1v) is 8.35. The summed E-state index contributed by atoms with van der Waals surface area (Å²) in [5.41, 5.74) is -3.08. The Hall–Kier alpha value is -3.47. The molecule has 3 aromatic rings. The standard InChI is InChI=1S/C18H13F3N4O4/c1-18(29)6-24(7-18)16-12(21)3-9-13(26)10(17(27)28)5-25(14(9)23-16)15-11(20)2-8(19)4-22-15/h2-5,29H,6-7H2,1H3,(H,27,28). The zero-order chi connectivity index (χ0) is 21.1. The van der Waals surface area contributed by atoms with Crippen LogP contribution in [0.5, 0.6) is 0 Å². The molecule has 1 aliphatic heterocycles. The van der Waals surface area contributed by atoms with Crippen LogP contribution >= 0.6 is 0 Å². The van der Waals surface area contributed by atoms with Gasteiger partial charge >= 0.3 is 5.97 Å². The molecule has 0 unspecified atom stereocenters. The minimum Gasteiger partial charge on any atom is -0.477 e. The Labute approximate surface area is 160 Å². The van der Waals surface area contributed by atoms with E-state index >= 15 is 0 Å². The summed E-state index contributed by atoms with van der Waals surface area (Å²) in [7, 11) is 0. The van der Waals surface area contributed by atoms with Gasteiger partial charge in [-0.05, 0) is 13.0 Å². The molecule has 1 fully saturated rings. The van der Waals surface area contributed by atoms with E-state index in [2.05, 4.69) is 9.97 Å². The van der Waals surface area contributed by atoms with Gasteiger partial charge in [0, 0.05) is 25.4 Å². The van der Waals surface area contributed by atoms with Crippen molar-refractivity contribution in [3.63, 3.8) is 0 Å². The normalized spacial score (nSPS) is 15.4. The van der Waals surface area contributed by atoms with Gasteiger partial charge < -0.3 is 15.1 Å². The van der Waals surface area contributed by atoms with Crippen molar-refractivity contribution in [2.45, 2.75) is 12.5 Å². The van der Waals surface area contributed by atoms with Gasteiger partial charge in [0.2, 0.25) is 5.43 Å². The molecule has 0 saturated carbocycles. The Kier molecular flexibility index (Phi) is 4.08. The Bertz CT molecular complexity index is 1230. The van der Waals surface area contributed by atoms with Gasteiger partial charge in [-0.1, -0.05) is 0 Å². The molecule has 8 nitrogen and oxygen atoms in total. The molecule has 1 aliphatic rings. The van der Waals surface area contributed by atoms with E-state index in [4.69, 9.17) is 0 Å². The molecule has 0 radical (unpaired) electrons. The second-order valence-corrected chi connectivity index (χ2v) is 7.02. The highest BCUT2D eigenvalue weighted by Crippen LogP contribution is 2.30. The van der Waals surface area contributed by atoms with E-state index in [1.165, 1.54) is 4.90 Å². The van der Waals surface area contributed by atoms with Crippen molar-refractivity contribution in [3.05, 3.63) is 57.8 Å². The fraction of sp³-hybridized carbons (Fsp3) is 0.222. The second-order valence-electron chi connectivity index (χ2n) is 7.02. The third-order valence-electron chi connectivity index (χ3n) is 4.52. The zero-order valence-electron chi connectivity index (χ0n) is 14.9. The first-order chi connectivity index (χ1) is 13.6. The molecule has 29 heavy (non-hydrogen) atoms. The Morgan fingerprint density at radius 3 is 2.41 bits per heavy atom. The van der Waals surface area contributed by atoms with Gasteiger partial charge in [-0.3, -0.25) is 9.36 Å². The van der Waals surface area contributed by atoms with Crippen LogP contribution in [0.2, 0.25) is 0 Å². The number of anilines is 1. The second kappa shape index (κ2) is 6.27. The van der Waals surface area contributed by atoms with Crippen LogP contribution in [0.3, 0.4) is 0 Å². The van der Waals surface area contributed by atoms with Crippen molar-refractivity contribution in [2.75, 3.05) is 18.0 Å². The number of hydrogen-bond donors (Lipinski definition) is 2. The quantitative estimate of drug-likeness (QED) is 0.678. The molecule has 0 bridgehead atoms. The summed E-state index contributed by atoms with van der Waals surface area (Å²) in [4.78, 5) is 33.0. The Balaban J connectivity index is 2.03. The van der Waals surface area contributed by atoms with Crippen molar-refractivity contribution in [1.82, 2.24) is 14.5 Å². The van der Waals surface area contributed by atoms with E-state index in [0.29, 0.717) is 12.3 Å². The number of aliphatic hydroxyl groups is 1. The molecule has 150 valence electrons. The molecule has 0 atom stereocenters. The maximum Gasteiger partial charge on any atom is 0.341 e. The number of halogens is 3. The van der Waals surface area contributed by atoms with Crippen LogP contribution in [0.4, 0.5) is 19.0 Å². The molecule has 4 rings (SSSR count). The number of carbonyl (C=O) groups is 1. The van der Waals surface area contributed by atoms with E-state index in [-0.39, 0.29) is 24.6 Å². The lowest BCUT2D eigenvalue weighted by molar-refractivity contribution is 0.0301. The molecule has 11 heteroatoms. The molecule has 3 aromatic heterocycles. The first-order valence-electron chi connectivity index (χ1n) is 8.35. The number of aromatic nitrogens is 3. The lowest BCUT2D eigenvalue weighted by atomic mass is 9.97. The maximum atomic E-state index is 14.6. The monoisotopic (exact) mass is 406 g/mol. The van der Waals surface area contributed by atoms with Crippen LogP contribution < -0.4 is 10.3 Å². The SMILES string of the molecule is CC1(O)CN(c2nc3c(cc2F)c(=O)c(C(=O)O)cn3-c2ncc(F)cc2F)C1. The summed E-state index contributed by atoms with van der Waals surface area (Å²) in [6, 6.07) is 1.33. The predicted molar refractivity (Wildman–Crippen MR) is 94.8 cm³/mol. The third-order valence-corrected chi connectivity index (χ3v) is 4.52. The molecule has 0 aliphatic carbocycles. The summed E-state index contributed by atoms with van der Waals surface area (Å²) in [6.45, 7) is 1.70.